The third kappa shape index (κ3) is 4.03. The molecule has 4 heteroatoms. The van der Waals surface area contributed by atoms with Gasteiger partial charge in [0.05, 0.1) is 5.30 Å². The van der Waals surface area contributed by atoms with E-state index in [1.165, 1.54) is 0 Å². The molecule has 0 N–H and O–H groups in total. The summed E-state index contributed by atoms with van der Waals surface area (Å²) in [6.45, 7) is 13.5. The maximum Gasteiger partial charge on any atom is 0.247 e. The molecule has 159 valence electrons. The second kappa shape index (κ2) is 8.69. The van der Waals surface area contributed by atoms with E-state index in [0.29, 0.717) is 22.0 Å². The van der Waals surface area contributed by atoms with Gasteiger partial charge in [-0.15, -0.1) is 0 Å². The first-order valence-corrected chi connectivity index (χ1v) is 11.6. The lowest BCUT2D eigenvalue weighted by molar-refractivity contribution is 0.103. The van der Waals surface area contributed by atoms with Gasteiger partial charge in [0, 0.05) is 16.7 Å². The van der Waals surface area contributed by atoms with Crippen molar-refractivity contribution in [1.82, 2.24) is 0 Å². The molecular weight excluding hydrogens is 403 g/mol. The van der Waals surface area contributed by atoms with E-state index in [1.54, 1.807) is 24.3 Å². The Balaban J connectivity index is 2.13. The molecule has 0 aliphatic rings. The Labute approximate surface area is 185 Å². The number of hydrogen-bond acceptors (Lipinski definition) is 3. The highest BCUT2D eigenvalue weighted by molar-refractivity contribution is 7.71. The maximum atomic E-state index is 13.5. The molecule has 1 atom stereocenters. The first kappa shape index (κ1) is 22.8. The Kier molecular flexibility index (Phi) is 6.38. The van der Waals surface area contributed by atoms with Gasteiger partial charge in [0.1, 0.15) is 0 Å². The van der Waals surface area contributed by atoms with E-state index in [1.807, 2.05) is 66.7 Å². The minimum atomic E-state index is -2.45. The number of carbonyl (C=O) groups is 2. The summed E-state index contributed by atoms with van der Waals surface area (Å²) in [4.78, 5) is 26.9. The molecule has 0 aromatic heterocycles. The standard InChI is InChI=1S/C27H28O3P/c1-15-12-13-16(2)24(20(15)6)26(28)22-10-8-9-11-23(22)31(30)27(29)25-18(4)14-17(3)19(5)21(25)7/h8-14H,1-7H3. The van der Waals surface area contributed by atoms with Crippen LogP contribution in [0.4, 0.5) is 0 Å². The monoisotopic (exact) mass is 431 g/mol. The molecule has 0 saturated carbocycles. The highest BCUT2D eigenvalue weighted by Crippen LogP contribution is 2.34. The third-order valence-corrected chi connectivity index (χ3v) is 7.71. The first-order chi connectivity index (χ1) is 14.6. The van der Waals surface area contributed by atoms with E-state index >= 15 is 0 Å². The zero-order valence-corrected chi connectivity index (χ0v) is 20.1. The van der Waals surface area contributed by atoms with Crippen molar-refractivity contribution in [2.45, 2.75) is 48.5 Å². The van der Waals surface area contributed by atoms with Crippen LogP contribution in [-0.2, 0) is 4.57 Å². The summed E-state index contributed by atoms with van der Waals surface area (Å²) in [6, 6.07) is 12.6. The molecule has 0 heterocycles. The van der Waals surface area contributed by atoms with Crippen molar-refractivity contribution in [3.63, 3.8) is 0 Å². The van der Waals surface area contributed by atoms with Gasteiger partial charge in [0.2, 0.25) is 5.52 Å². The Morgan fingerprint density at radius 3 is 1.94 bits per heavy atom. The van der Waals surface area contributed by atoms with Gasteiger partial charge in [0.15, 0.2) is 13.6 Å². The maximum absolute atomic E-state index is 13.5. The van der Waals surface area contributed by atoms with Crippen molar-refractivity contribution in [3.05, 3.63) is 98.1 Å². The van der Waals surface area contributed by atoms with E-state index in [-0.39, 0.29) is 5.78 Å². The topological polar surface area (TPSA) is 51.2 Å². The van der Waals surface area contributed by atoms with E-state index in [4.69, 9.17) is 0 Å². The van der Waals surface area contributed by atoms with Crippen LogP contribution in [0.3, 0.4) is 0 Å². The molecule has 0 fully saturated rings. The number of ketones is 1. The van der Waals surface area contributed by atoms with Crippen LogP contribution < -0.4 is 5.30 Å². The van der Waals surface area contributed by atoms with Gasteiger partial charge in [-0.3, -0.25) is 14.2 Å². The summed E-state index contributed by atoms with van der Waals surface area (Å²) in [5.74, 6) is -0.195. The molecule has 0 amide bonds. The van der Waals surface area contributed by atoms with Crippen LogP contribution in [0.15, 0.2) is 42.5 Å². The van der Waals surface area contributed by atoms with Crippen LogP contribution in [0.5, 0.6) is 0 Å². The molecule has 0 spiro atoms. The number of hydrogen-bond donors (Lipinski definition) is 0. The van der Waals surface area contributed by atoms with Crippen molar-refractivity contribution in [2.75, 3.05) is 0 Å². The summed E-state index contributed by atoms with van der Waals surface area (Å²) in [5.41, 5.74) is 7.58. The fraction of sp³-hybridized carbons (Fsp3) is 0.259. The Morgan fingerprint density at radius 1 is 0.645 bits per heavy atom. The lowest BCUT2D eigenvalue weighted by Gasteiger charge is -2.16. The highest BCUT2D eigenvalue weighted by atomic mass is 31.1. The summed E-state index contributed by atoms with van der Waals surface area (Å²) >= 11 is 0. The number of carbonyl (C=O) groups excluding carboxylic acids is 2. The van der Waals surface area contributed by atoms with Crippen LogP contribution in [0.25, 0.3) is 0 Å². The summed E-state index contributed by atoms with van der Waals surface area (Å²) in [6.07, 6.45) is 0. The Bertz CT molecular complexity index is 1250. The van der Waals surface area contributed by atoms with Gasteiger partial charge in [-0.2, -0.15) is 0 Å². The van der Waals surface area contributed by atoms with E-state index in [0.717, 1.165) is 38.9 Å². The van der Waals surface area contributed by atoms with Gasteiger partial charge >= 0.3 is 0 Å². The first-order valence-electron chi connectivity index (χ1n) is 10.4. The molecule has 1 unspecified atom stereocenters. The van der Waals surface area contributed by atoms with Gasteiger partial charge in [-0.1, -0.05) is 30.3 Å². The van der Waals surface area contributed by atoms with Crippen LogP contribution in [0.2, 0.25) is 0 Å². The van der Waals surface area contributed by atoms with Crippen molar-refractivity contribution in [2.24, 2.45) is 0 Å². The van der Waals surface area contributed by atoms with Crippen LogP contribution in [0.1, 0.15) is 65.2 Å². The van der Waals surface area contributed by atoms with Crippen molar-refractivity contribution in [3.8, 4) is 0 Å². The fourth-order valence-electron chi connectivity index (χ4n) is 4.10. The van der Waals surface area contributed by atoms with E-state index in [9.17, 15) is 14.2 Å². The minimum absolute atomic E-state index is 0.195. The summed E-state index contributed by atoms with van der Waals surface area (Å²) in [5, 5.41) is 0.296. The zero-order valence-electron chi connectivity index (χ0n) is 19.2. The Hall–Kier alpha value is -2.90. The normalized spacial score (nSPS) is 11.4. The minimum Gasteiger partial charge on any atom is -0.289 e. The van der Waals surface area contributed by atoms with Gasteiger partial charge in [-0.05, 0) is 99.5 Å². The Morgan fingerprint density at radius 2 is 1.26 bits per heavy atom. The van der Waals surface area contributed by atoms with E-state index in [2.05, 4.69) is 0 Å². The zero-order chi connectivity index (χ0) is 23.0. The highest BCUT2D eigenvalue weighted by Gasteiger charge is 2.27. The second-order valence-electron chi connectivity index (χ2n) is 8.28. The smallest absolute Gasteiger partial charge is 0.247 e. The quantitative estimate of drug-likeness (QED) is 0.348. The number of benzene rings is 3. The van der Waals surface area contributed by atoms with Crippen LogP contribution in [-0.4, -0.2) is 11.3 Å². The molecule has 0 bridgehead atoms. The van der Waals surface area contributed by atoms with Gasteiger partial charge in [0.25, 0.3) is 0 Å². The van der Waals surface area contributed by atoms with Crippen molar-refractivity contribution in [1.29, 1.82) is 0 Å². The second-order valence-corrected chi connectivity index (χ2v) is 9.76. The molecule has 1 radical (unpaired) electrons. The van der Waals surface area contributed by atoms with Gasteiger partial charge in [-0.25, -0.2) is 0 Å². The molecule has 3 aromatic carbocycles. The molecule has 3 nitrogen and oxygen atoms in total. The SMILES string of the molecule is Cc1cc(C)c(C(=O)[P](=O)c2ccccc2C(=O)c2c(C)ccc(C)c2C)c(C)c1C. The van der Waals surface area contributed by atoms with Crippen molar-refractivity contribution < 1.29 is 14.2 Å². The van der Waals surface area contributed by atoms with Crippen LogP contribution >= 0.6 is 7.80 Å². The fourth-order valence-corrected chi connectivity index (χ4v) is 5.48. The average molecular weight is 431 g/mol. The predicted octanol–water partition coefficient (Wildman–Crippen LogP) is 6.37. The number of aryl methyl sites for hydroxylation is 4. The molecule has 3 aromatic rings. The molecule has 0 aliphatic heterocycles. The molecule has 0 aliphatic carbocycles. The molecular formula is C27H28O3P. The largest absolute Gasteiger partial charge is 0.289 e. The van der Waals surface area contributed by atoms with E-state index < -0.39 is 13.3 Å². The molecule has 3 rings (SSSR count). The van der Waals surface area contributed by atoms with Gasteiger partial charge < -0.3 is 0 Å². The summed E-state index contributed by atoms with van der Waals surface area (Å²) < 4.78 is 13.5. The molecule has 31 heavy (non-hydrogen) atoms. The predicted molar refractivity (Wildman–Crippen MR) is 127 cm³/mol. The average Bonchev–Trinajstić information content (AvgIpc) is 2.74. The third-order valence-electron chi connectivity index (χ3n) is 6.29. The van der Waals surface area contributed by atoms with Crippen molar-refractivity contribution >= 4 is 24.4 Å². The molecule has 0 saturated heterocycles. The van der Waals surface area contributed by atoms with Crippen LogP contribution in [0, 0.1) is 48.5 Å². The summed E-state index contributed by atoms with van der Waals surface area (Å²) in [7, 11) is -2.45. The lowest BCUT2D eigenvalue weighted by atomic mass is 9.92. The number of rotatable bonds is 5. The lowest BCUT2D eigenvalue weighted by Crippen LogP contribution is -2.18.